The van der Waals surface area contributed by atoms with Crippen LogP contribution in [0.25, 0.3) is 0 Å². The molecule has 0 aromatic heterocycles. The SMILES string of the molecule is CC(CC#N)NCC(F)(F)C(N)=O. The van der Waals surface area contributed by atoms with E-state index in [0.29, 0.717) is 0 Å². The van der Waals surface area contributed by atoms with Crippen molar-refractivity contribution in [2.24, 2.45) is 5.73 Å². The molecule has 0 heterocycles. The molecule has 4 nitrogen and oxygen atoms in total. The maximum Gasteiger partial charge on any atom is 0.336 e. The second kappa shape index (κ2) is 4.72. The van der Waals surface area contributed by atoms with Gasteiger partial charge in [-0.1, -0.05) is 0 Å². The van der Waals surface area contributed by atoms with Crippen LogP contribution in [-0.4, -0.2) is 24.4 Å². The summed E-state index contributed by atoms with van der Waals surface area (Å²) in [6, 6.07) is 1.43. The predicted octanol–water partition coefficient (Wildman–Crippen LogP) is -0.00122. The summed E-state index contributed by atoms with van der Waals surface area (Å²) in [7, 11) is 0. The minimum atomic E-state index is -3.55. The summed E-state index contributed by atoms with van der Waals surface area (Å²) in [5, 5.41) is 10.5. The molecule has 74 valence electrons. The number of nitrogens with two attached hydrogens (primary N) is 1. The van der Waals surface area contributed by atoms with Crippen molar-refractivity contribution < 1.29 is 13.6 Å². The molecular weight excluding hydrogens is 180 g/mol. The number of nitrogens with zero attached hydrogens (tertiary/aromatic N) is 1. The number of hydrogen-bond acceptors (Lipinski definition) is 3. The van der Waals surface area contributed by atoms with Crippen LogP contribution in [0.4, 0.5) is 8.78 Å². The topological polar surface area (TPSA) is 78.9 Å². The Morgan fingerprint density at radius 3 is 2.69 bits per heavy atom. The third kappa shape index (κ3) is 4.38. The van der Waals surface area contributed by atoms with Gasteiger partial charge in [-0.3, -0.25) is 4.79 Å². The van der Waals surface area contributed by atoms with Crippen LogP contribution < -0.4 is 11.1 Å². The van der Waals surface area contributed by atoms with E-state index in [2.05, 4.69) is 11.1 Å². The molecule has 13 heavy (non-hydrogen) atoms. The average molecular weight is 191 g/mol. The molecule has 1 unspecified atom stereocenters. The van der Waals surface area contributed by atoms with Crippen LogP contribution in [-0.2, 0) is 4.79 Å². The first-order chi connectivity index (χ1) is 5.90. The van der Waals surface area contributed by atoms with Crippen molar-refractivity contribution in [1.82, 2.24) is 5.32 Å². The molecule has 0 aliphatic heterocycles. The van der Waals surface area contributed by atoms with E-state index in [9.17, 15) is 13.6 Å². The van der Waals surface area contributed by atoms with Crippen molar-refractivity contribution in [2.45, 2.75) is 25.3 Å². The highest BCUT2D eigenvalue weighted by atomic mass is 19.3. The second-order valence-electron chi connectivity index (χ2n) is 2.71. The molecule has 0 aromatic carbocycles. The first kappa shape index (κ1) is 11.8. The Bertz CT molecular complexity index is 224. The Hall–Kier alpha value is -1.22. The van der Waals surface area contributed by atoms with Gasteiger partial charge in [-0.25, -0.2) is 0 Å². The summed E-state index contributed by atoms with van der Waals surface area (Å²) < 4.78 is 25.1. The number of carbonyl (C=O) groups excluding carboxylic acids is 1. The van der Waals surface area contributed by atoms with Crippen molar-refractivity contribution in [1.29, 1.82) is 5.26 Å². The van der Waals surface area contributed by atoms with Gasteiger partial charge in [-0.15, -0.1) is 0 Å². The number of halogens is 2. The number of primary amides is 1. The Morgan fingerprint density at radius 2 is 2.31 bits per heavy atom. The number of amides is 1. The van der Waals surface area contributed by atoms with E-state index < -0.39 is 18.4 Å². The molecular formula is C7H11F2N3O. The second-order valence-corrected chi connectivity index (χ2v) is 2.71. The minimum absolute atomic E-state index is 0.106. The molecule has 0 saturated carbocycles. The summed E-state index contributed by atoms with van der Waals surface area (Å²) in [5.41, 5.74) is 4.44. The van der Waals surface area contributed by atoms with Gasteiger partial charge in [-0.05, 0) is 6.92 Å². The fraction of sp³-hybridized carbons (Fsp3) is 0.714. The molecule has 0 aliphatic carbocycles. The zero-order chi connectivity index (χ0) is 10.5. The standard InChI is InChI=1S/C7H11F2N3O/c1-5(2-3-10)12-4-7(8,9)6(11)13/h5,12H,2,4H2,1H3,(H2,11,13). The third-order valence-electron chi connectivity index (χ3n) is 1.43. The van der Waals surface area contributed by atoms with Crippen LogP contribution >= 0.6 is 0 Å². The van der Waals surface area contributed by atoms with E-state index in [1.807, 2.05) is 6.07 Å². The van der Waals surface area contributed by atoms with E-state index >= 15 is 0 Å². The predicted molar refractivity (Wildman–Crippen MR) is 41.8 cm³/mol. The summed E-state index contributed by atoms with van der Waals surface area (Å²) in [5.74, 6) is -5.21. The average Bonchev–Trinajstić information content (AvgIpc) is 2.01. The number of nitrogens with one attached hydrogen (secondary N) is 1. The van der Waals surface area contributed by atoms with Crippen LogP contribution in [0.1, 0.15) is 13.3 Å². The fourth-order valence-corrected chi connectivity index (χ4v) is 0.599. The molecule has 1 amide bonds. The van der Waals surface area contributed by atoms with Crippen molar-refractivity contribution in [3.8, 4) is 6.07 Å². The molecule has 3 N–H and O–H groups in total. The van der Waals surface area contributed by atoms with Crippen LogP contribution in [0.5, 0.6) is 0 Å². The minimum Gasteiger partial charge on any atom is -0.364 e. The lowest BCUT2D eigenvalue weighted by Gasteiger charge is -2.15. The molecule has 0 saturated heterocycles. The maximum absolute atomic E-state index is 12.5. The molecule has 0 aliphatic rings. The van der Waals surface area contributed by atoms with E-state index in [-0.39, 0.29) is 12.5 Å². The molecule has 1 atom stereocenters. The number of rotatable bonds is 5. The number of alkyl halides is 2. The highest BCUT2D eigenvalue weighted by molar-refractivity contribution is 5.81. The lowest BCUT2D eigenvalue weighted by molar-refractivity contribution is -0.141. The first-order valence-corrected chi connectivity index (χ1v) is 3.68. The monoisotopic (exact) mass is 191 g/mol. The zero-order valence-electron chi connectivity index (χ0n) is 7.18. The molecule has 0 rings (SSSR count). The van der Waals surface area contributed by atoms with E-state index in [1.54, 1.807) is 6.92 Å². The smallest absolute Gasteiger partial charge is 0.336 e. The molecule has 0 radical (unpaired) electrons. The van der Waals surface area contributed by atoms with Gasteiger partial charge in [0.05, 0.1) is 19.0 Å². The Balaban J connectivity index is 3.89. The lowest BCUT2D eigenvalue weighted by Crippen LogP contribution is -2.46. The summed E-state index contributed by atoms with van der Waals surface area (Å²) >= 11 is 0. The van der Waals surface area contributed by atoms with Gasteiger partial charge < -0.3 is 11.1 Å². The van der Waals surface area contributed by atoms with Crippen LogP contribution in [0.15, 0.2) is 0 Å². The lowest BCUT2D eigenvalue weighted by atomic mass is 10.2. The number of carbonyl (C=O) groups is 1. The van der Waals surface area contributed by atoms with E-state index in [4.69, 9.17) is 5.26 Å². The number of hydrogen-bond donors (Lipinski definition) is 2. The van der Waals surface area contributed by atoms with Crippen LogP contribution in [0.3, 0.4) is 0 Å². The zero-order valence-corrected chi connectivity index (χ0v) is 7.18. The first-order valence-electron chi connectivity index (χ1n) is 3.68. The van der Waals surface area contributed by atoms with Gasteiger partial charge in [-0.2, -0.15) is 14.0 Å². The van der Waals surface area contributed by atoms with Gasteiger partial charge in [0.15, 0.2) is 0 Å². The summed E-state index contributed by atoms with van der Waals surface area (Å²) in [6.07, 6.45) is 0.106. The highest BCUT2D eigenvalue weighted by Crippen LogP contribution is 2.10. The molecule has 0 aromatic rings. The van der Waals surface area contributed by atoms with Crippen LogP contribution in [0, 0.1) is 11.3 Å². The fourth-order valence-electron chi connectivity index (χ4n) is 0.599. The molecule has 6 heteroatoms. The third-order valence-corrected chi connectivity index (χ3v) is 1.43. The van der Waals surface area contributed by atoms with E-state index in [0.717, 1.165) is 0 Å². The number of nitriles is 1. The maximum atomic E-state index is 12.5. The largest absolute Gasteiger partial charge is 0.364 e. The molecule has 0 bridgehead atoms. The van der Waals surface area contributed by atoms with Crippen molar-refractivity contribution in [3.63, 3.8) is 0 Å². The van der Waals surface area contributed by atoms with Crippen LogP contribution in [0.2, 0.25) is 0 Å². The Labute approximate surface area is 74.7 Å². The Morgan fingerprint density at radius 1 is 1.77 bits per heavy atom. The van der Waals surface area contributed by atoms with Gasteiger partial charge in [0.25, 0.3) is 5.91 Å². The van der Waals surface area contributed by atoms with Crippen molar-refractivity contribution in [3.05, 3.63) is 0 Å². The van der Waals surface area contributed by atoms with Crippen molar-refractivity contribution >= 4 is 5.91 Å². The van der Waals surface area contributed by atoms with Gasteiger partial charge in [0.2, 0.25) is 0 Å². The van der Waals surface area contributed by atoms with Gasteiger partial charge in [0.1, 0.15) is 0 Å². The van der Waals surface area contributed by atoms with Gasteiger partial charge in [0, 0.05) is 6.04 Å². The Kier molecular flexibility index (Phi) is 4.28. The van der Waals surface area contributed by atoms with Gasteiger partial charge >= 0.3 is 5.92 Å². The normalized spacial score (nSPS) is 13.4. The quantitative estimate of drug-likeness (QED) is 0.641. The molecule has 0 spiro atoms. The van der Waals surface area contributed by atoms with Crippen molar-refractivity contribution in [2.75, 3.05) is 6.54 Å². The molecule has 0 fully saturated rings. The summed E-state index contributed by atoms with van der Waals surface area (Å²) in [4.78, 5) is 10.2. The van der Waals surface area contributed by atoms with E-state index in [1.165, 1.54) is 0 Å². The highest BCUT2D eigenvalue weighted by Gasteiger charge is 2.36. The summed E-state index contributed by atoms with van der Waals surface area (Å²) in [6.45, 7) is 0.742.